The molecule has 0 fully saturated rings. The molecule has 0 aliphatic carbocycles. The number of aromatic nitrogens is 1. The van der Waals surface area contributed by atoms with Crippen LogP contribution < -0.4 is 5.73 Å². The summed E-state index contributed by atoms with van der Waals surface area (Å²) in [4.78, 5) is 14.1. The van der Waals surface area contributed by atoms with Crippen molar-refractivity contribution in [3.63, 3.8) is 0 Å². The predicted octanol–water partition coefficient (Wildman–Crippen LogP) is 2.25. The molecule has 1 unspecified atom stereocenters. The van der Waals surface area contributed by atoms with Crippen LogP contribution in [0.5, 0.6) is 0 Å². The second kappa shape index (κ2) is 5.30. The minimum absolute atomic E-state index is 0.00254. The number of carboxylic acid groups (broad SMARTS) is 1. The Morgan fingerprint density at radius 3 is 2.87 bits per heavy atom. The van der Waals surface area contributed by atoms with Gasteiger partial charge in [-0.15, -0.1) is 0 Å². The maximum absolute atomic E-state index is 10.4. The van der Waals surface area contributed by atoms with E-state index in [1.807, 2.05) is 0 Å². The first-order chi connectivity index (χ1) is 7.00. The number of rotatable bonds is 4. The van der Waals surface area contributed by atoms with Crippen LogP contribution in [0.2, 0.25) is 10.2 Å². The molecule has 82 valence electrons. The molecular weight excluding hydrogens is 239 g/mol. The number of pyridine rings is 1. The molecule has 0 spiro atoms. The normalized spacial score (nSPS) is 12.5. The summed E-state index contributed by atoms with van der Waals surface area (Å²) in [6.07, 6.45) is 1.71. The highest BCUT2D eigenvalue weighted by Crippen LogP contribution is 2.25. The van der Waals surface area contributed by atoms with Crippen LogP contribution in [0.4, 0.5) is 0 Å². The molecule has 0 bridgehead atoms. The highest BCUT2D eigenvalue weighted by Gasteiger charge is 2.12. The van der Waals surface area contributed by atoms with Gasteiger partial charge in [0, 0.05) is 18.7 Å². The summed E-state index contributed by atoms with van der Waals surface area (Å²) >= 11 is 11.5. The van der Waals surface area contributed by atoms with Crippen LogP contribution in [0.1, 0.15) is 24.4 Å². The molecule has 0 aliphatic rings. The molecule has 0 aromatic carbocycles. The molecule has 0 radical (unpaired) electrons. The van der Waals surface area contributed by atoms with Gasteiger partial charge in [0.05, 0.1) is 5.02 Å². The molecule has 0 saturated carbocycles. The third kappa shape index (κ3) is 3.66. The summed E-state index contributed by atoms with van der Waals surface area (Å²) in [7, 11) is 0. The van der Waals surface area contributed by atoms with Crippen molar-refractivity contribution in [3.05, 3.63) is 28.0 Å². The van der Waals surface area contributed by atoms with Gasteiger partial charge in [0.1, 0.15) is 5.15 Å². The van der Waals surface area contributed by atoms with E-state index in [0.717, 1.165) is 0 Å². The van der Waals surface area contributed by atoms with E-state index < -0.39 is 12.0 Å². The van der Waals surface area contributed by atoms with Crippen LogP contribution in [0.15, 0.2) is 12.3 Å². The third-order valence-corrected chi connectivity index (χ3v) is 2.44. The van der Waals surface area contributed by atoms with E-state index in [9.17, 15) is 4.79 Å². The number of nitrogens with two attached hydrogens (primary N) is 1. The van der Waals surface area contributed by atoms with E-state index in [1.165, 1.54) is 6.20 Å². The summed E-state index contributed by atoms with van der Waals surface area (Å²) < 4.78 is 0. The predicted molar refractivity (Wildman–Crippen MR) is 58.1 cm³/mol. The molecule has 1 aromatic heterocycles. The van der Waals surface area contributed by atoms with E-state index in [-0.39, 0.29) is 6.42 Å². The summed E-state index contributed by atoms with van der Waals surface area (Å²) in [6.45, 7) is 0. The molecule has 1 heterocycles. The van der Waals surface area contributed by atoms with Gasteiger partial charge in [-0.1, -0.05) is 23.2 Å². The summed E-state index contributed by atoms with van der Waals surface area (Å²) in [6, 6.07) is 1.12. The van der Waals surface area contributed by atoms with Crippen LogP contribution in [-0.2, 0) is 4.79 Å². The lowest BCUT2D eigenvalue weighted by atomic mass is 10.0. The van der Waals surface area contributed by atoms with E-state index in [0.29, 0.717) is 22.2 Å². The highest BCUT2D eigenvalue weighted by atomic mass is 35.5. The van der Waals surface area contributed by atoms with Gasteiger partial charge in [0.2, 0.25) is 0 Å². The lowest BCUT2D eigenvalue weighted by Crippen LogP contribution is -2.13. The lowest BCUT2D eigenvalue weighted by molar-refractivity contribution is -0.137. The first-order valence-corrected chi connectivity index (χ1v) is 5.04. The maximum atomic E-state index is 10.4. The second-order valence-electron chi connectivity index (χ2n) is 3.07. The van der Waals surface area contributed by atoms with Gasteiger partial charge in [0.25, 0.3) is 0 Å². The Morgan fingerprint density at radius 2 is 2.27 bits per heavy atom. The van der Waals surface area contributed by atoms with E-state index >= 15 is 0 Å². The Kier molecular flexibility index (Phi) is 4.32. The fraction of sp³-hybridized carbons (Fsp3) is 0.333. The molecule has 6 heteroatoms. The molecule has 0 aliphatic heterocycles. The van der Waals surface area contributed by atoms with Gasteiger partial charge in [-0.2, -0.15) is 0 Å². The van der Waals surface area contributed by atoms with Crippen molar-refractivity contribution in [2.75, 3.05) is 0 Å². The monoisotopic (exact) mass is 248 g/mol. The van der Waals surface area contributed by atoms with E-state index in [4.69, 9.17) is 34.0 Å². The van der Waals surface area contributed by atoms with Crippen LogP contribution in [0, 0.1) is 0 Å². The zero-order valence-electron chi connectivity index (χ0n) is 7.78. The van der Waals surface area contributed by atoms with Crippen LogP contribution in [-0.4, -0.2) is 16.1 Å². The Hall–Kier alpha value is -0.840. The molecule has 4 nitrogen and oxygen atoms in total. The van der Waals surface area contributed by atoms with Crippen molar-refractivity contribution in [2.24, 2.45) is 5.73 Å². The number of aliphatic carboxylic acids is 1. The second-order valence-corrected chi connectivity index (χ2v) is 3.86. The largest absolute Gasteiger partial charge is 0.481 e. The molecule has 0 saturated heterocycles. The Labute approximate surface area is 97.0 Å². The molecular formula is C9H10Cl2N2O2. The maximum Gasteiger partial charge on any atom is 0.303 e. The van der Waals surface area contributed by atoms with Crippen molar-refractivity contribution in [3.8, 4) is 0 Å². The lowest BCUT2D eigenvalue weighted by Gasteiger charge is -2.12. The molecule has 15 heavy (non-hydrogen) atoms. The number of hydrogen-bond acceptors (Lipinski definition) is 3. The molecule has 1 atom stereocenters. The minimum Gasteiger partial charge on any atom is -0.481 e. The highest BCUT2D eigenvalue weighted by molar-refractivity contribution is 6.32. The van der Waals surface area contributed by atoms with Gasteiger partial charge < -0.3 is 10.8 Å². The Morgan fingerprint density at radius 1 is 1.60 bits per heavy atom. The average Bonchev–Trinajstić information content (AvgIpc) is 2.18. The average molecular weight is 249 g/mol. The van der Waals surface area contributed by atoms with Crippen molar-refractivity contribution < 1.29 is 9.90 Å². The minimum atomic E-state index is -0.887. The van der Waals surface area contributed by atoms with Crippen LogP contribution in [0.25, 0.3) is 0 Å². The van der Waals surface area contributed by atoms with Gasteiger partial charge in [-0.3, -0.25) is 4.79 Å². The number of hydrogen-bond donors (Lipinski definition) is 2. The molecule has 0 amide bonds. The van der Waals surface area contributed by atoms with Gasteiger partial charge in [-0.05, 0) is 18.1 Å². The molecule has 3 N–H and O–H groups in total. The zero-order chi connectivity index (χ0) is 11.4. The smallest absolute Gasteiger partial charge is 0.303 e. The van der Waals surface area contributed by atoms with E-state index in [1.54, 1.807) is 6.07 Å². The van der Waals surface area contributed by atoms with Crippen molar-refractivity contribution in [2.45, 2.75) is 18.9 Å². The number of nitrogens with zero attached hydrogens (tertiary/aromatic N) is 1. The number of carbonyl (C=O) groups is 1. The fourth-order valence-corrected chi connectivity index (χ4v) is 1.56. The van der Waals surface area contributed by atoms with Crippen LogP contribution in [0.3, 0.4) is 0 Å². The van der Waals surface area contributed by atoms with Gasteiger partial charge >= 0.3 is 5.97 Å². The quantitative estimate of drug-likeness (QED) is 0.802. The number of carboxylic acids is 1. The molecule has 1 rings (SSSR count). The fourth-order valence-electron chi connectivity index (χ4n) is 1.15. The van der Waals surface area contributed by atoms with E-state index in [2.05, 4.69) is 4.98 Å². The van der Waals surface area contributed by atoms with Gasteiger partial charge in [-0.25, -0.2) is 4.98 Å². The Balaban J connectivity index is 2.76. The van der Waals surface area contributed by atoms with Crippen molar-refractivity contribution in [1.29, 1.82) is 0 Å². The van der Waals surface area contributed by atoms with Crippen molar-refractivity contribution >= 4 is 29.2 Å². The third-order valence-electron chi connectivity index (χ3n) is 1.92. The summed E-state index contributed by atoms with van der Waals surface area (Å²) in [5, 5.41) is 9.20. The molecule has 1 aromatic rings. The first-order valence-electron chi connectivity index (χ1n) is 4.29. The summed E-state index contributed by atoms with van der Waals surface area (Å²) in [5.74, 6) is -0.887. The first kappa shape index (κ1) is 12.2. The van der Waals surface area contributed by atoms with Gasteiger partial charge in [0.15, 0.2) is 0 Å². The topological polar surface area (TPSA) is 76.2 Å². The SMILES string of the molecule is NC(CCC(=O)O)c1cc(Cl)ncc1Cl. The number of halogens is 2. The standard InChI is InChI=1S/C9H10Cl2N2O2/c10-6-4-13-8(11)3-5(6)7(12)1-2-9(14)15/h3-4,7H,1-2,12H2,(H,14,15). The zero-order valence-corrected chi connectivity index (χ0v) is 9.29. The Bertz CT molecular complexity index is 371. The van der Waals surface area contributed by atoms with Crippen LogP contribution >= 0.6 is 23.2 Å². The summed E-state index contributed by atoms with van der Waals surface area (Å²) in [5.41, 5.74) is 6.40. The van der Waals surface area contributed by atoms with Crippen molar-refractivity contribution in [1.82, 2.24) is 4.98 Å².